The van der Waals surface area contributed by atoms with Crippen molar-refractivity contribution in [2.75, 3.05) is 56.7 Å². The van der Waals surface area contributed by atoms with Crippen molar-refractivity contribution < 1.29 is 38.2 Å². The molecule has 0 radical (unpaired) electrons. The molecule has 0 bridgehead atoms. The Morgan fingerprint density at radius 2 is 1.64 bits per heavy atom. The van der Waals surface area contributed by atoms with Crippen LogP contribution in [0.15, 0.2) is 104 Å². The fraction of sp³-hybridized carbons (Fsp3) is 0.327. The van der Waals surface area contributed by atoms with Crippen LogP contribution in [-0.4, -0.2) is 107 Å². The van der Waals surface area contributed by atoms with Crippen molar-refractivity contribution in [2.24, 2.45) is 0 Å². The molecule has 1 fully saturated rings. The van der Waals surface area contributed by atoms with Crippen LogP contribution in [0.1, 0.15) is 82.0 Å². The summed E-state index contributed by atoms with van der Waals surface area (Å²) in [5.74, 6) is -2.07. The molecule has 7 rings (SSSR count). The molecule has 5 aromatic rings. The number of piperidine rings is 1. The van der Waals surface area contributed by atoms with Gasteiger partial charge in [0.15, 0.2) is 0 Å². The standard InChI is InChI=1S/C49H52N10O8/c1-32(34-14-12-33(27-50)13-15-34)28-54-45(35-7-3-2-4-8-35)47(63)56-41-18-16-36(29-53-41)37-30-55-58(31-37)22-6-11-42(60)52-21-24-67-26-25-66-23-20-51-39-10-5-9-38-44(39)49(65)59(48(38)64)40-17-19-43(61)57-46(40)62/h2-5,7-10,12-16,18,29-32,40,45,51,54H,6,11,17,19-26,28H2,1H3,(H,52,60)(H,53,56,63)(H,57,61,62)/t32-,40?,45-/m1/s1. The summed E-state index contributed by atoms with van der Waals surface area (Å²) in [6.07, 6.45) is 6.33. The fourth-order valence-corrected chi connectivity index (χ4v) is 7.77. The average molecular weight is 909 g/mol. The highest BCUT2D eigenvalue weighted by atomic mass is 16.5. The largest absolute Gasteiger partial charge is 0.382 e. The molecule has 67 heavy (non-hydrogen) atoms. The normalized spacial score (nSPS) is 15.3. The van der Waals surface area contributed by atoms with Gasteiger partial charge in [-0.1, -0.05) is 55.5 Å². The Hall–Kier alpha value is -7.59. The van der Waals surface area contributed by atoms with E-state index in [0.717, 1.165) is 27.2 Å². The van der Waals surface area contributed by atoms with Gasteiger partial charge in [0.2, 0.25) is 23.6 Å². The van der Waals surface area contributed by atoms with Gasteiger partial charge in [0.05, 0.1) is 55.4 Å². The maximum absolute atomic E-state index is 13.6. The number of imide groups is 2. The predicted octanol–water partition coefficient (Wildman–Crippen LogP) is 4.33. The van der Waals surface area contributed by atoms with Gasteiger partial charge in [-0.25, -0.2) is 4.98 Å². The molecule has 0 aliphatic carbocycles. The van der Waals surface area contributed by atoms with Crippen LogP contribution in [0.2, 0.25) is 0 Å². The predicted molar refractivity (Wildman–Crippen MR) is 246 cm³/mol. The molecule has 18 nitrogen and oxygen atoms in total. The van der Waals surface area contributed by atoms with Gasteiger partial charge in [0.25, 0.3) is 11.8 Å². The Kier molecular flexibility index (Phi) is 16.3. The molecule has 1 unspecified atom stereocenters. The average Bonchev–Trinajstić information content (AvgIpc) is 3.91. The highest BCUT2D eigenvalue weighted by Crippen LogP contribution is 2.32. The number of aryl methyl sites for hydroxylation is 1. The molecule has 18 heteroatoms. The summed E-state index contributed by atoms with van der Waals surface area (Å²) in [5, 5.41) is 28.1. The molecule has 2 aromatic heterocycles. The van der Waals surface area contributed by atoms with Gasteiger partial charge in [-0.15, -0.1) is 0 Å². The topological polar surface area (TPSA) is 239 Å². The maximum Gasteiger partial charge on any atom is 0.264 e. The molecule has 1 saturated heterocycles. The van der Waals surface area contributed by atoms with E-state index in [1.54, 1.807) is 47.4 Å². The monoisotopic (exact) mass is 908 g/mol. The van der Waals surface area contributed by atoms with Crippen molar-refractivity contribution >= 4 is 46.9 Å². The number of rotatable bonds is 23. The summed E-state index contributed by atoms with van der Waals surface area (Å²) < 4.78 is 13.0. The number of fused-ring (bicyclic) bond motifs is 1. The number of nitriles is 1. The van der Waals surface area contributed by atoms with E-state index in [2.05, 4.69) is 49.7 Å². The lowest BCUT2D eigenvalue weighted by Gasteiger charge is -2.27. The zero-order valence-corrected chi connectivity index (χ0v) is 37.0. The number of carbonyl (C=O) groups is 6. The molecule has 6 amide bonds. The van der Waals surface area contributed by atoms with Crippen molar-refractivity contribution in [2.45, 2.75) is 57.2 Å². The lowest BCUT2D eigenvalue weighted by Crippen LogP contribution is -2.54. The Bertz CT molecular complexity index is 2590. The van der Waals surface area contributed by atoms with Crippen molar-refractivity contribution in [1.29, 1.82) is 5.26 Å². The van der Waals surface area contributed by atoms with Crippen LogP contribution in [0.25, 0.3) is 11.1 Å². The number of nitrogens with one attached hydrogen (secondary N) is 5. The van der Waals surface area contributed by atoms with Crippen molar-refractivity contribution in [3.8, 4) is 17.2 Å². The molecule has 2 aliphatic heterocycles. The van der Waals surface area contributed by atoms with E-state index in [4.69, 9.17) is 14.7 Å². The number of hydrogen-bond donors (Lipinski definition) is 5. The van der Waals surface area contributed by atoms with Crippen LogP contribution in [0, 0.1) is 11.3 Å². The molecule has 346 valence electrons. The van der Waals surface area contributed by atoms with E-state index in [9.17, 15) is 28.8 Å². The summed E-state index contributed by atoms with van der Waals surface area (Å²) in [5.41, 5.74) is 4.99. The molecule has 5 N–H and O–H groups in total. The minimum atomic E-state index is -1.04. The molecule has 2 aliphatic rings. The third-order valence-electron chi connectivity index (χ3n) is 11.4. The number of anilines is 2. The van der Waals surface area contributed by atoms with Crippen LogP contribution < -0.4 is 26.6 Å². The quantitative estimate of drug-likeness (QED) is 0.0454. The minimum absolute atomic E-state index is 0.0476. The Morgan fingerprint density at radius 3 is 2.37 bits per heavy atom. The Balaban J connectivity index is 0.752. The van der Waals surface area contributed by atoms with E-state index >= 15 is 0 Å². The summed E-state index contributed by atoms with van der Waals surface area (Å²) in [6, 6.07) is 25.9. The summed E-state index contributed by atoms with van der Waals surface area (Å²) in [6.45, 7) is 5.06. The number of ether oxygens (including phenoxy) is 2. The highest BCUT2D eigenvalue weighted by molar-refractivity contribution is 6.25. The maximum atomic E-state index is 13.6. The molecule has 3 atom stereocenters. The van der Waals surface area contributed by atoms with Crippen molar-refractivity contribution in [3.05, 3.63) is 131 Å². The summed E-state index contributed by atoms with van der Waals surface area (Å²) in [7, 11) is 0. The van der Waals surface area contributed by atoms with Gasteiger partial charge < -0.3 is 30.7 Å². The third-order valence-corrected chi connectivity index (χ3v) is 11.4. The first-order valence-corrected chi connectivity index (χ1v) is 22.2. The van der Waals surface area contributed by atoms with E-state index in [1.807, 2.05) is 54.7 Å². The first-order valence-electron chi connectivity index (χ1n) is 22.2. The van der Waals surface area contributed by atoms with Crippen LogP contribution in [-0.2, 0) is 35.2 Å². The number of benzene rings is 3. The van der Waals surface area contributed by atoms with Gasteiger partial charge in [-0.3, -0.25) is 43.7 Å². The molecule has 4 heterocycles. The number of aromatic nitrogens is 3. The van der Waals surface area contributed by atoms with E-state index < -0.39 is 35.7 Å². The highest BCUT2D eigenvalue weighted by Gasteiger charge is 2.45. The van der Waals surface area contributed by atoms with Gasteiger partial charge in [0.1, 0.15) is 17.9 Å². The van der Waals surface area contributed by atoms with Crippen LogP contribution in [0.3, 0.4) is 0 Å². The molecule has 0 spiro atoms. The third kappa shape index (κ3) is 12.4. The van der Waals surface area contributed by atoms with Crippen molar-refractivity contribution in [1.82, 2.24) is 35.6 Å². The zero-order chi connectivity index (χ0) is 47.1. The first-order chi connectivity index (χ1) is 32.6. The van der Waals surface area contributed by atoms with E-state index in [0.29, 0.717) is 82.5 Å². The second kappa shape index (κ2) is 23.0. The van der Waals surface area contributed by atoms with Gasteiger partial charge in [-0.05, 0) is 66.3 Å². The number of hydrogen-bond acceptors (Lipinski definition) is 13. The number of nitrogens with zero attached hydrogens (tertiary/aromatic N) is 5. The fourth-order valence-electron chi connectivity index (χ4n) is 7.77. The number of amides is 6. The SMILES string of the molecule is C[C@H](CN[C@@H](C(=O)Nc1ccc(-c2cnn(CCCC(=O)NCCOCCOCCNc3cccc4c3C(=O)N(C3CCC(=O)NC3=O)C4=O)c2)cn1)c1ccccc1)c1ccc(C#N)cc1. The van der Waals surface area contributed by atoms with E-state index in [1.165, 1.54) is 6.07 Å². The van der Waals surface area contributed by atoms with Gasteiger partial charge in [0, 0.05) is 68.2 Å². The second-order valence-electron chi connectivity index (χ2n) is 16.1. The Labute approximate surface area is 387 Å². The molecule has 0 saturated carbocycles. The molecule has 3 aromatic carbocycles. The van der Waals surface area contributed by atoms with Crippen LogP contribution in [0.5, 0.6) is 0 Å². The summed E-state index contributed by atoms with van der Waals surface area (Å²) >= 11 is 0. The minimum Gasteiger partial charge on any atom is -0.382 e. The van der Waals surface area contributed by atoms with Gasteiger partial charge in [-0.2, -0.15) is 10.4 Å². The smallest absolute Gasteiger partial charge is 0.264 e. The van der Waals surface area contributed by atoms with Gasteiger partial charge >= 0.3 is 0 Å². The second-order valence-corrected chi connectivity index (χ2v) is 16.1. The zero-order valence-electron chi connectivity index (χ0n) is 37.0. The first kappa shape index (κ1) is 47.4. The molecular formula is C49H52N10O8. The Morgan fingerprint density at radius 1 is 0.866 bits per heavy atom. The van der Waals surface area contributed by atoms with Crippen LogP contribution >= 0.6 is 0 Å². The molecular weight excluding hydrogens is 857 g/mol. The van der Waals surface area contributed by atoms with E-state index in [-0.39, 0.29) is 41.7 Å². The lowest BCUT2D eigenvalue weighted by atomic mass is 9.98. The van der Waals surface area contributed by atoms with Crippen molar-refractivity contribution in [3.63, 3.8) is 0 Å². The number of pyridine rings is 1. The lowest BCUT2D eigenvalue weighted by molar-refractivity contribution is -0.136. The summed E-state index contributed by atoms with van der Waals surface area (Å²) in [4.78, 5) is 81.7. The van der Waals surface area contributed by atoms with Crippen LogP contribution in [0.4, 0.5) is 11.5 Å². The number of carbonyl (C=O) groups excluding carboxylic acids is 6.